The Labute approximate surface area is 109 Å². The maximum absolute atomic E-state index is 12.3. The highest BCUT2D eigenvalue weighted by Crippen LogP contribution is 2.27. The smallest absolute Gasteiger partial charge is 0.324 e. The molecule has 1 saturated heterocycles. The van der Waals surface area contributed by atoms with E-state index in [4.69, 9.17) is 0 Å². The van der Waals surface area contributed by atoms with Crippen molar-refractivity contribution >= 4 is 22.2 Å². The molecule has 2 heterocycles. The molecule has 0 spiro atoms. The first-order valence-corrected chi connectivity index (χ1v) is 6.50. The number of hydrogen-bond acceptors (Lipinski definition) is 5. The second-order valence-corrected chi connectivity index (χ2v) is 5.90. The van der Waals surface area contributed by atoms with Crippen molar-refractivity contribution in [3.63, 3.8) is 0 Å². The molecule has 1 aliphatic heterocycles. The normalized spacial score (nSPS) is 18.7. The van der Waals surface area contributed by atoms with Crippen LogP contribution in [-0.2, 0) is 0 Å². The monoisotopic (exact) mass is 269 g/mol. The van der Waals surface area contributed by atoms with E-state index in [0.717, 1.165) is 24.4 Å². The van der Waals surface area contributed by atoms with E-state index in [1.165, 1.54) is 12.1 Å². The van der Waals surface area contributed by atoms with Crippen LogP contribution in [0.5, 0.6) is 0 Å². The van der Waals surface area contributed by atoms with Gasteiger partial charge >= 0.3 is 5.00 Å². The summed E-state index contributed by atoms with van der Waals surface area (Å²) in [5.74, 6) is -0.125. The van der Waals surface area contributed by atoms with E-state index in [9.17, 15) is 14.9 Å². The van der Waals surface area contributed by atoms with Gasteiger partial charge in [-0.1, -0.05) is 11.3 Å². The molecule has 0 bridgehead atoms. The number of nitro groups is 1. The van der Waals surface area contributed by atoms with Crippen molar-refractivity contribution in [1.29, 1.82) is 0 Å². The van der Waals surface area contributed by atoms with Crippen molar-refractivity contribution in [3.05, 3.63) is 27.1 Å². The van der Waals surface area contributed by atoms with Gasteiger partial charge in [-0.05, 0) is 19.9 Å². The number of carbonyl (C=O) groups excluding carboxylic acids is 1. The number of hydrogen-bond donors (Lipinski definition) is 1. The van der Waals surface area contributed by atoms with Crippen LogP contribution in [0.3, 0.4) is 0 Å². The molecule has 1 aromatic rings. The van der Waals surface area contributed by atoms with Gasteiger partial charge in [-0.25, -0.2) is 0 Å². The summed E-state index contributed by atoms with van der Waals surface area (Å²) in [5.41, 5.74) is -0.270. The fourth-order valence-electron chi connectivity index (χ4n) is 2.03. The summed E-state index contributed by atoms with van der Waals surface area (Å²) < 4.78 is 0. The van der Waals surface area contributed by atoms with Gasteiger partial charge in [0.2, 0.25) is 0 Å². The first kappa shape index (κ1) is 13.0. The minimum atomic E-state index is -0.468. The molecular formula is C11H15N3O3S. The molecule has 1 amide bonds. The van der Waals surface area contributed by atoms with Gasteiger partial charge in [0.15, 0.2) is 0 Å². The molecule has 0 saturated carbocycles. The Morgan fingerprint density at radius 1 is 1.56 bits per heavy atom. The van der Waals surface area contributed by atoms with Crippen molar-refractivity contribution < 1.29 is 9.72 Å². The lowest BCUT2D eigenvalue weighted by molar-refractivity contribution is -0.380. The Kier molecular flexibility index (Phi) is 3.36. The van der Waals surface area contributed by atoms with Gasteiger partial charge in [0.25, 0.3) is 5.91 Å². The first-order valence-electron chi connectivity index (χ1n) is 5.69. The third-order valence-corrected chi connectivity index (χ3v) is 4.05. The summed E-state index contributed by atoms with van der Waals surface area (Å²) in [6.45, 7) is 6.07. The summed E-state index contributed by atoms with van der Waals surface area (Å²) in [6.07, 6.45) is 0. The highest BCUT2D eigenvalue weighted by atomic mass is 32.1. The number of nitrogens with zero attached hydrogens (tertiary/aromatic N) is 2. The maximum atomic E-state index is 12.3. The van der Waals surface area contributed by atoms with Crippen LogP contribution in [0.1, 0.15) is 23.5 Å². The van der Waals surface area contributed by atoms with Crippen LogP contribution in [0.25, 0.3) is 0 Å². The number of piperazine rings is 1. The zero-order valence-electron chi connectivity index (χ0n) is 10.3. The van der Waals surface area contributed by atoms with Crippen LogP contribution in [0.2, 0.25) is 0 Å². The molecule has 1 fully saturated rings. The molecule has 0 aliphatic carbocycles. The summed E-state index contributed by atoms with van der Waals surface area (Å²) in [4.78, 5) is 24.7. The van der Waals surface area contributed by atoms with Gasteiger partial charge in [0.1, 0.15) is 0 Å². The van der Waals surface area contributed by atoms with Crippen LogP contribution in [0.4, 0.5) is 5.00 Å². The van der Waals surface area contributed by atoms with E-state index in [0.29, 0.717) is 11.4 Å². The van der Waals surface area contributed by atoms with Crippen molar-refractivity contribution in [2.75, 3.05) is 19.6 Å². The summed E-state index contributed by atoms with van der Waals surface area (Å²) in [6, 6.07) is 2.91. The molecule has 1 N–H and O–H groups in total. The van der Waals surface area contributed by atoms with Crippen LogP contribution in [0.15, 0.2) is 12.1 Å². The number of carbonyl (C=O) groups is 1. The van der Waals surface area contributed by atoms with E-state index in [1.807, 2.05) is 13.8 Å². The zero-order chi connectivity index (χ0) is 13.3. The molecule has 0 unspecified atom stereocenters. The third kappa shape index (κ3) is 2.37. The molecule has 7 heteroatoms. The van der Waals surface area contributed by atoms with Crippen molar-refractivity contribution in [3.8, 4) is 0 Å². The molecule has 2 rings (SSSR count). The van der Waals surface area contributed by atoms with Gasteiger partial charge < -0.3 is 10.2 Å². The second kappa shape index (κ2) is 4.66. The highest BCUT2D eigenvalue weighted by molar-refractivity contribution is 7.17. The minimum Gasteiger partial charge on any atom is -0.330 e. The number of rotatable bonds is 2. The molecule has 1 aromatic heterocycles. The maximum Gasteiger partial charge on any atom is 0.324 e. The highest BCUT2D eigenvalue weighted by Gasteiger charge is 2.34. The van der Waals surface area contributed by atoms with Gasteiger partial charge in [0.05, 0.1) is 15.3 Å². The summed E-state index contributed by atoms with van der Waals surface area (Å²) in [7, 11) is 0. The van der Waals surface area contributed by atoms with E-state index in [-0.39, 0.29) is 16.4 Å². The molecule has 0 atom stereocenters. The van der Waals surface area contributed by atoms with Gasteiger partial charge in [0, 0.05) is 25.7 Å². The largest absolute Gasteiger partial charge is 0.330 e. The molecule has 0 radical (unpaired) electrons. The van der Waals surface area contributed by atoms with Gasteiger partial charge in [-0.3, -0.25) is 14.9 Å². The molecule has 6 nitrogen and oxygen atoms in total. The van der Waals surface area contributed by atoms with Crippen LogP contribution in [0, 0.1) is 10.1 Å². The quantitative estimate of drug-likeness (QED) is 0.652. The Morgan fingerprint density at radius 2 is 2.28 bits per heavy atom. The Bertz CT molecular complexity index is 484. The third-order valence-electron chi connectivity index (χ3n) is 3.03. The van der Waals surface area contributed by atoms with E-state index in [2.05, 4.69) is 5.32 Å². The standard InChI is InChI=1S/C11H15N3O3S/c1-11(2)7-12-5-6-13(11)10(15)8-3-4-9(18-8)14(16)17/h3-4,12H,5-7H2,1-2H3. The lowest BCUT2D eigenvalue weighted by Crippen LogP contribution is -2.59. The Hall–Kier alpha value is -1.47. The number of thiophene rings is 1. The fourth-order valence-corrected chi connectivity index (χ4v) is 2.80. The second-order valence-electron chi connectivity index (χ2n) is 4.84. The summed E-state index contributed by atoms with van der Waals surface area (Å²) >= 11 is 0.933. The predicted molar refractivity (Wildman–Crippen MR) is 69.0 cm³/mol. The van der Waals surface area contributed by atoms with Gasteiger partial charge in [-0.2, -0.15) is 0 Å². The number of nitrogens with one attached hydrogen (secondary N) is 1. The van der Waals surface area contributed by atoms with E-state index in [1.54, 1.807) is 4.90 Å². The van der Waals surface area contributed by atoms with Crippen molar-refractivity contribution in [2.45, 2.75) is 19.4 Å². The molecule has 98 valence electrons. The van der Waals surface area contributed by atoms with Crippen LogP contribution >= 0.6 is 11.3 Å². The molecule has 18 heavy (non-hydrogen) atoms. The Morgan fingerprint density at radius 3 is 2.83 bits per heavy atom. The SMILES string of the molecule is CC1(C)CNCCN1C(=O)c1ccc([N+](=O)[O-])s1. The average Bonchev–Trinajstić information content (AvgIpc) is 2.77. The predicted octanol–water partition coefficient (Wildman–Crippen LogP) is 1.48. The van der Waals surface area contributed by atoms with Crippen molar-refractivity contribution in [2.24, 2.45) is 0 Å². The molecule has 0 aromatic carbocycles. The number of amides is 1. The topological polar surface area (TPSA) is 75.5 Å². The average molecular weight is 269 g/mol. The van der Waals surface area contributed by atoms with Gasteiger partial charge in [-0.15, -0.1) is 0 Å². The lowest BCUT2D eigenvalue weighted by atomic mass is 10.00. The zero-order valence-corrected chi connectivity index (χ0v) is 11.1. The van der Waals surface area contributed by atoms with Crippen molar-refractivity contribution in [1.82, 2.24) is 10.2 Å². The summed E-state index contributed by atoms with van der Waals surface area (Å²) in [5, 5.41) is 13.9. The first-order chi connectivity index (χ1) is 8.42. The molecular weight excluding hydrogens is 254 g/mol. The van der Waals surface area contributed by atoms with Crippen LogP contribution in [-0.4, -0.2) is 40.9 Å². The van der Waals surface area contributed by atoms with E-state index >= 15 is 0 Å². The lowest BCUT2D eigenvalue weighted by Gasteiger charge is -2.42. The van der Waals surface area contributed by atoms with E-state index < -0.39 is 4.92 Å². The molecule has 1 aliphatic rings. The van der Waals surface area contributed by atoms with Crippen LogP contribution < -0.4 is 5.32 Å². The Balaban J connectivity index is 2.21. The minimum absolute atomic E-state index is 0.00582. The fraction of sp³-hybridized carbons (Fsp3) is 0.545.